The van der Waals surface area contributed by atoms with Gasteiger partial charge in [0.05, 0.1) is 6.10 Å². The highest BCUT2D eigenvalue weighted by Gasteiger charge is 2.25. The molecule has 2 aliphatic carbocycles. The maximum Gasteiger partial charge on any atom is 0.229 e. The summed E-state index contributed by atoms with van der Waals surface area (Å²) in [5.74, 6) is 1.98. The van der Waals surface area contributed by atoms with Crippen LogP contribution in [0.15, 0.2) is 0 Å². The predicted molar refractivity (Wildman–Crippen MR) is 126 cm³/mol. The Balaban J connectivity index is 1.49. The molecule has 0 bridgehead atoms. The van der Waals surface area contributed by atoms with Gasteiger partial charge in [0.2, 0.25) is 17.8 Å². The van der Waals surface area contributed by atoms with Gasteiger partial charge in [0.25, 0.3) is 0 Å². The van der Waals surface area contributed by atoms with Crippen molar-refractivity contribution in [1.82, 2.24) is 20.3 Å². The van der Waals surface area contributed by atoms with E-state index >= 15 is 0 Å². The first-order valence-corrected chi connectivity index (χ1v) is 12.7. The minimum absolute atomic E-state index is 0.162. The molecule has 0 spiro atoms. The van der Waals surface area contributed by atoms with Gasteiger partial charge in [-0.25, -0.2) is 0 Å². The van der Waals surface area contributed by atoms with Crippen molar-refractivity contribution in [3.05, 3.63) is 0 Å². The van der Waals surface area contributed by atoms with Crippen molar-refractivity contribution in [2.24, 2.45) is 0 Å². The third-order valence-corrected chi connectivity index (χ3v) is 7.19. The average molecular weight is 432 g/mol. The quantitative estimate of drug-likeness (QED) is 0.397. The molecule has 8 nitrogen and oxygen atoms in total. The molecular formula is C23H41N7O. The van der Waals surface area contributed by atoms with Crippen LogP contribution in [0.5, 0.6) is 0 Å². The molecular weight excluding hydrogens is 390 g/mol. The molecule has 5 N–H and O–H groups in total. The number of hydrogen-bond acceptors (Lipinski definition) is 8. The van der Waals surface area contributed by atoms with Crippen molar-refractivity contribution in [2.75, 3.05) is 22.5 Å². The first kappa shape index (κ1) is 22.5. The Labute approximate surface area is 186 Å². The van der Waals surface area contributed by atoms with Gasteiger partial charge < -0.3 is 26.4 Å². The molecule has 1 aromatic rings. The van der Waals surface area contributed by atoms with E-state index in [1.54, 1.807) is 0 Å². The predicted octanol–water partition coefficient (Wildman–Crippen LogP) is 3.66. The van der Waals surface area contributed by atoms with Gasteiger partial charge in [0, 0.05) is 24.2 Å². The van der Waals surface area contributed by atoms with Crippen molar-refractivity contribution < 1.29 is 5.11 Å². The van der Waals surface area contributed by atoms with Crippen molar-refractivity contribution in [3.63, 3.8) is 0 Å². The van der Waals surface area contributed by atoms with Crippen LogP contribution in [0.1, 0.15) is 90.4 Å². The number of nitrogens with one attached hydrogen (secondary N) is 4. The lowest BCUT2D eigenvalue weighted by atomic mass is 9.93. The minimum Gasteiger partial charge on any atom is -0.393 e. The molecule has 3 aliphatic rings. The van der Waals surface area contributed by atoms with Crippen LogP contribution >= 0.6 is 0 Å². The first-order valence-electron chi connectivity index (χ1n) is 12.7. The normalized spacial score (nSPS) is 28.6. The van der Waals surface area contributed by atoms with E-state index in [1.165, 1.54) is 51.4 Å². The second kappa shape index (κ2) is 11.3. The molecule has 2 heterocycles. The molecule has 1 aliphatic heterocycles. The molecule has 4 rings (SSSR count). The standard InChI is InChI=1S/C23H41N7O/c1-2-19(20-10-7-15-24-20)27-23-29-21(25-16-8-5-3-4-6-9-16)28-22(30-23)26-17-11-13-18(31)14-12-17/h16-20,24,31H,2-15H2,1H3,(H3,25,26,27,28,29,30). The maximum absolute atomic E-state index is 9.82. The van der Waals surface area contributed by atoms with Crippen LogP contribution in [0.4, 0.5) is 17.8 Å². The molecule has 1 aromatic heterocycles. The molecule has 0 amide bonds. The SMILES string of the molecule is CCC(Nc1nc(NC2CCCCCC2)nc(NC2CCC(O)CC2)n1)C1CCCN1. The van der Waals surface area contributed by atoms with E-state index in [0.717, 1.165) is 38.6 Å². The number of aliphatic hydroxyl groups excluding tert-OH is 1. The Morgan fingerprint density at radius 2 is 1.42 bits per heavy atom. The summed E-state index contributed by atoms with van der Waals surface area (Å²) < 4.78 is 0. The monoisotopic (exact) mass is 431 g/mol. The molecule has 0 aromatic carbocycles. The van der Waals surface area contributed by atoms with Crippen molar-refractivity contribution in [1.29, 1.82) is 0 Å². The Morgan fingerprint density at radius 3 is 2.00 bits per heavy atom. The van der Waals surface area contributed by atoms with Crippen LogP contribution in [0, 0.1) is 0 Å². The van der Waals surface area contributed by atoms with E-state index in [-0.39, 0.29) is 6.10 Å². The van der Waals surface area contributed by atoms with Crippen molar-refractivity contribution >= 4 is 17.8 Å². The van der Waals surface area contributed by atoms with Crippen molar-refractivity contribution in [2.45, 2.75) is 121 Å². The number of nitrogens with zero attached hydrogens (tertiary/aromatic N) is 3. The molecule has 174 valence electrons. The summed E-state index contributed by atoms with van der Waals surface area (Å²) in [6.07, 6.45) is 14.4. The smallest absolute Gasteiger partial charge is 0.229 e. The van der Waals surface area contributed by atoms with Gasteiger partial charge in [-0.15, -0.1) is 0 Å². The van der Waals surface area contributed by atoms with E-state index in [0.29, 0.717) is 42.0 Å². The third-order valence-electron chi connectivity index (χ3n) is 7.19. The Hall–Kier alpha value is -1.67. The number of aromatic nitrogens is 3. The van der Waals surface area contributed by atoms with E-state index in [4.69, 9.17) is 15.0 Å². The molecule has 3 fully saturated rings. The Morgan fingerprint density at radius 1 is 0.806 bits per heavy atom. The highest BCUT2D eigenvalue weighted by atomic mass is 16.3. The van der Waals surface area contributed by atoms with Crippen LogP contribution in [0.3, 0.4) is 0 Å². The lowest BCUT2D eigenvalue weighted by molar-refractivity contribution is 0.126. The maximum atomic E-state index is 9.82. The molecule has 1 saturated heterocycles. The summed E-state index contributed by atoms with van der Waals surface area (Å²) in [7, 11) is 0. The fourth-order valence-electron chi connectivity index (χ4n) is 5.29. The summed E-state index contributed by atoms with van der Waals surface area (Å²) in [6, 6.07) is 1.53. The Kier molecular flexibility index (Phi) is 8.19. The van der Waals surface area contributed by atoms with Gasteiger partial charge in [-0.1, -0.05) is 32.6 Å². The largest absolute Gasteiger partial charge is 0.393 e. The van der Waals surface area contributed by atoms with Crippen LogP contribution in [0.25, 0.3) is 0 Å². The lowest BCUT2D eigenvalue weighted by Gasteiger charge is -2.27. The molecule has 31 heavy (non-hydrogen) atoms. The second-order valence-corrected chi connectivity index (χ2v) is 9.65. The molecule has 2 atom stereocenters. The minimum atomic E-state index is -0.162. The molecule has 2 unspecified atom stereocenters. The zero-order chi connectivity index (χ0) is 21.5. The number of anilines is 3. The highest BCUT2D eigenvalue weighted by molar-refractivity contribution is 5.44. The third kappa shape index (κ3) is 6.65. The first-order chi connectivity index (χ1) is 15.2. The van der Waals surface area contributed by atoms with E-state index in [1.807, 2.05) is 0 Å². The molecule has 0 radical (unpaired) electrons. The zero-order valence-electron chi connectivity index (χ0n) is 19.1. The van der Waals surface area contributed by atoms with Crippen LogP contribution in [-0.2, 0) is 0 Å². The van der Waals surface area contributed by atoms with Crippen molar-refractivity contribution in [3.8, 4) is 0 Å². The topological polar surface area (TPSA) is 107 Å². The van der Waals surface area contributed by atoms with Gasteiger partial charge in [-0.2, -0.15) is 15.0 Å². The van der Waals surface area contributed by atoms with Gasteiger partial charge in [-0.05, 0) is 64.3 Å². The summed E-state index contributed by atoms with van der Waals surface area (Å²) in [5, 5.41) is 24.2. The number of hydrogen-bond donors (Lipinski definition) is 5. The number of aliphatic hydroxyl groups is 1. The van der Waals surface area contributed by atoms with Crippen LogP contribution in [-0.4, -0.2) is 56.9 Å². The average Bonchev–Trinajstić information content (AvgIpc) is 3.19. The van der Waals surface area contributed by atoms with Gasteiger partial charge >= 0.3 is 0 Å². The lowest BCUT2D eigenvalue weighted by Crippen LogP contribution is -2.40. The fraction of sp³-hybridized carbons (Fsp3) is 0.870. The van der Waals surface area contributed by atoms with Gasteiger partial charge in [-0.3, -0.25) is 0 Å². The molecule has 8 heteroatoms. The summed E-state index contributed by atoms with van der Waals surface area (Å²) >= 11 is 0. The van der Waals surface area contributed by atoms with Gasteiger partial charge in [0.1, 0.15) is 0 Å². The van der Waals surface area contributed by atoms with E-state index < -0.39 is 0 Å². The highest BCUT2D eigenvalue weighted by Crippen LogP contribution is 2.24. The fourth-order valence-corrected chi connectivity index (χ4v) is 5.29. The van der Waals surface area contributed by atoms with Crippen LogP contribution < -0.4 is 21.3 Å². The summed E-state index contributed by atoms with van der Waals surface area (Å²) in [5.41, 5.74) is 0. The molecule has 2 saturated carbocycles. The van der Waals surface area contributed by atoms with Crippen LogP contribution in [0.2, 0.25) is 0 Å². The summed E-state index contributed by atoms with van der Waals surface area (Å²) in [4.78, 5) is 14.3. The van der Waals surface area contributed by atoms with E-state index in [9.17, 15) is 5.11 Å². The zero-order valence-corrected chi connectivity index (χ0v) is 19.1. The number of rotatable bonds is 8. The Bertz CT molecular complexity index is 666. The van der Waals surface area contributed by atoms with Gasteiger partial charge in [0.15, 0.2) is 0 Å². The summed E-state index contributed by atoms with van der Waals surface area (Å²) in [6.45, 7) is 3.31. The second-order valence-electron chi connectivity index (χ2n) is 9.65. The van der Waals surface area contributed by atoms with E-state index in [2.05, 4.69) is 28.2 Å².